The summed E-state index contributed by atoms with van der Waals surface area (Å²) in [6, 6.07) is 0. The van der Waals surface area contributed by atoms with Gasteiger partial charge in [0.25, 0.3) is 0 Å². The zero-order chi connectivity index (χ0) is 15.4. The third-order valence-corrected chi connectivity index (χ3v) is 6.86. The van der Waals surface area contributed by atoms with Crippen molar-refractivity contribution in [3.63, 3.8) is 0 Å². The third kappa shape index (κ3) is 2.12. The smallest absolute Gasteiger partial charge is 0.172 e. The summed E-state index contributed by atoms with van der Waals surface area (Å²) in [6.07, 6.45) is 12.1. The normalized spacial score (nSPS) is 22.7. The van der Waals surface area contributed by atoms with E-state index in [0.29, 0.717) is 5.92 Å². The van der Waals surface area contributed by atoms with Crippen molar-refractivity contribution in [2.75, 3.05) is 0 Å². The molecule has 0 N–H and O–H groups in total. The van der Waals surface area contributed by atoms with Crippen molar-refractivity contribution in [3.05, 3.63) is 22.6 Å². The first-order valence-corrected chi connectivity index (χ1v) is 9.77. The number of rotatable bonds is 1. The molecule has 5 heteroatoms. The highest BCUT2D eigenvalue weighted by Crippen LogP contribution is 2.39. The molecule has 2 aliphatic rings. The van der Waals surface area contributed by atoms with Crippen LogP contribution in [0.5, 0.6) is 0 Å². The lowest BCUT2D eigenvalue weighted by atomic mass is 9.88. The van der Waals surface area contributed by atoms with E-state index in [1.807, 2.05) is 17.7 Å². The molecular formula is C18H22N4S. The maximum Gasteiger partial charge on any atom is 0.172 e. The van der Waals surface area contributed by atoms with Crippen LogP contribution in [-0.4, -0.2) is 19.6 Å². The number of thiophene rings is 1. The largest absolute Gasteiger partial charge is 0.268 e. The second-order valence-electron chi connectivity index (χ2n) is 7.36. The minimum absolute atomic E-state index is 0.562. The van der Waals surface area contributed by atoms with Gasteiger partial charge in [-0.05, 0) is 43.6 Å². The Morgan fingerprint density at radius 3 is 2.87 bits per heavy atom. The van der Waals surface area contributed by atoms with Gasteiger partial charge >= 0.3 is 0 Å². The Kier molecular flexibility index (Phi) is 3.18. The van der Waals surface area contributed by atoms with E-state index in [2.05, 4.69) is 21.5 Å². The predicted octanol–water partition coefficient (Wildman–Crippen LogP) is 4.51. The molecule has 0 radical (unpaired) electrons. The molecule has 0 bridgehead atoms. The summed E-state index contributed by atoms with van der Waals surface area (Å²) in [5.41, 5.74) is 2.55. The van der Waals surface area contributed by atoms with Gasteiger partial charge in [-0.25, -0.2) is 4.98 Å². The molecule has 0 aromatic carbocycles. The number of hydrogen-bond donors (Lipinski definition) is 0. The van der Waals surface area contributed by atoms with Crippen LogP contribution in [0.2, 0.25) is 0 Å². The number of fused-ring (bicyclic) bond motifs is 5. The summed E-state index contributed by atoms with van der Waals surface area (Å²) in [6.45, 7) is 2.36. The molecule has 0 amide bonds. The third-order valence-electron chi connectivity index (χ3n) is 5.70. The van der Waals surface area contributed by atoms with E-state index in [1.54, 1.807) is 0 Å². The van der Waals surface area contributed by atoms with Crippen LogP contribution in [0, 0.1) is 5.92 Å². The van der Waals surface area contributed by atoms with E-state index in [9.17, 15) is 0 Å². The zero-order valence-electron chi connectivity index (χ0n) is 13.6. The molecule has 0 aliphatic heterocycles. The first kappa shape index (κ1) is 13.9. The number of aromatic nitrogens is 4. The summed E-state index contributed by atoms with van der Waals surface area (Å²) in [5.74, 6) is 2.49. The molecule has 2 aliphatic carbocycles. The fourth-order valence-electron chi connectivity index (χ4n) is 4.39. The Morgan fingerprint density at radius 1 is 1.13 bits per heavy atom. The Balaban J connectivity index is 1.69. The quantitative estimate of drug-likeness (QED) is 0.661. The number of hydrogen-bond acceptors (Lipinski definition) is 4. The van der Waals surface area contributed by atoms with Crippen LogP contribution in [0.15, 0.2) is 6.33 Å². The van der Waals surface area contributed by atoms with Gasteiger partial charge in [0.05, 0.1) is 5.39 Å². The lowest BCUT2D eigenvalue weighted by Gasteiger charge is -2.19. The number of aryl methyl sites for hydroxylation is 1. The van der Waals surface area contributed by atoms with Gasteiger partial charge in [-0.2, -0.15) is 0 Å². The minimum atomic E-state index is 0.562. The van der Waals surface area contributed by atoms with E-state index in [-0.39, 0.29) is 0 Å². The monoisotopic (exact) mass is 326 g/mol. The van der Waals surface area contributed by atoms with Crippen LogP contribution >= 0.6 is 11.3 Å². The molecular weight excluding hydrogens is 304 g/mol. The highest BCUT2D eigenvalue weighted by molar-refractivity contribution is 7.19. The molecule has 0 saturated heterocycles. The van der Waals surface area contributed by atoms with Crippen molar-refractivity contribution in [2.45, 2.75) is 64.2 Å². The molecule has 0 unspecified atom stereocenters. The lowest BCUT2D eigenvalue weighted by Crippen LogP contribution is -2.09. The van der Waals surface area contributed by atoms with Crippen LogP contribution in [-0.2, 0) is 12.8 Å². The molecule has 3 heterocycles. The van der Waals surface area contributed by atoms with Crippen LogP contribution in [0.3, 0.4) is 0 Å². The van der Waals surface area contributed by atoms with Crippen LogP contribution < -0.4 is 0 Å². The van der Waals surface area contributed by atoms with Gasteiger partial charge in [0, 0.05) is 10.8 Å². The maximum absolute atomic E-state index is 4.77. The van der Waals surface area contributed by atoms with Crippen molar-refractivity contribution in [1.82, 2.24) is 19.6 Å². The van der Waals surface area contributed by atoms with Gasteiger partial charge in [-0.1, -0.05) is 26.2 Å². The van der Waals surface area contributed by atoms with E-state index in [4.69, 9.17) is 4.98 Å². The molecule has 3 aromatic rings. The molecule has 4 nitrogen and oxygen atoms in total. The highest BCUT2D eigenvalue weighted by atomic mass is 32.1. The summed E-state index contributed by atoms with van der Waals surface area (Å²) in [4.78, 5) is 7.45. The second kappa shape index (κ2) is 5.26. The van der Waals surface area contributed by atoms with Crippen molar-refractivity contribution in [3.8, 4) is 0 Å². The maximum atomic E-state index is 4.77. The Labute approximate surface area is 140 Å². The van der Waals surface area contributed by atoms with E-state index >= 15 is 0 Å². The second-order valence-corrected chi connectivity index (χ2v) is 8.45. The van der Waals surface area contributed by atoms with Gasteiger partial charge in [-0.3, -0.25) is 4.40 Å². The number of nitrogens with zero attached hydrogens (tertiary/aromatic N) is 4. The highest BCUT2D eigenvalue weighted by Gasteiger charge is 2.26. The van der Waals surface area contributed by atoms with Gasteiger partial charge in [0.15, 0.2) is 5.65 Å². The van der Waals surface area contributed by atoms with E-state index < -0.39 is 0 Å². The van der Waals surface area contributed by atoms with Gasteiger partial charge in [0.1, 0.15) is 17.0 Å². The summed E-state index contributed by atoms with van der Waals surface area (Å²) in [7, 11) is 0. The Hall–Kier alpha value is -1.49. The molecule has 1 atom stereocenters. The molecule has 1 fully saturated rings. The van der Waals surface area contributed by atoms with Gasteiger partial charge < -0.3 is 0 Å². The molecule has 3 aromatic heterocycles. The van der Waals surface area contributed by atoms with E-state index in [1.165, 1.54) is 67.2 Å². The summed E-state index contributed by atoms with van der Waals surface area (Å²) < 4.78 is 2.18. The molecule has 0 spiro atoms. The van der Waals surface area contributed by atoms with Crippen molar-refractivity contribution in [1.29, 1.82) is 0 Å². The van der Waals surface area contributed by atoms with Crippen LogP contribution in [0.1, 0.15) is 67.6 Å². The summed E-state index contributed by atoms with van der Waals surface area (Å²) >= 11 is 1.87. The average Bonchev–Trinajstić information content (AvgIpc) is 3.15. The zero-order valence-corrected chi connectivity index (χ0v) is 14.4. The first-order chi connectivity index (χ1) is 11.3. The van der Waals surface area contributed by atoms with Crippen molar-refractivity contribution in [2.24, 2.45) is 5.92 Å². The standard InChI is InChI=1S/C18H22N4S/c1-11-7-8-13-14(9-11)23-18-15(13)17-21-20-16(22(17)10-19-18)12-5-3-2-4-6-12/h10-12H,2-9H2,1H3/t11-/m0/s1. The minimum Gasteiger partial charge on any atom is -0.268 e. The van der Waals surface area contributed by atoms with E-state index in [0.717, 1.165) is 22.2 Å². The summed E-state index contributed by atoms with van der Waals surface area (Å²) in [5, 5.41) is 10.5. The van der Waals surface area contributed by atoms with Crippen LogP contribution in [0.25, 0.3) is 15.9 Å². The molecule has 120 valence electrons. The van der Waals surface area contributed by atoms with Gasteiger partial charge in [-0.15, -0.1) is 21.5 Å². The van der Waals surface area contributed by atoms with Crippen molar-refractivity contribution < 1.29 is 0 Å². The Bertz CT molecular complexity index is 872. The van der Waals surface area contributed by atoms with Crippen LogP contribution in [0.4, 0.5) is 0 Å². The first-order valence-electron chi connectivity index (χ1n) is 8.95. The van der Waals surface area contributed by atoms with Gasteiger partial charge in [0.2, 0.25) is 0 Å². The molecule has 23 heavy (non-hydrogen) atoms. The molecule has 5 rings (SSSR count). The van der Waals surface area contributed by atoms with Crippen molar-refractivity contribution >= 4 is 27.2 Å². The predicted molar refractivity (Wildman–Crippen MR) is 93.2 cm³/mol. The Morgan fingerprint density at radius 2 is 2.00 bits per heavy atom. The fraction of sp³-hybridized carbons (Fsp3) is 0.611. The SMILES string of the molecule is C[C@H]1CCc2c(sc3ncn4c(C5CCCCC5)nnc4c23)C1. The fourth-order valence-corrected chi connectivity index (χ4v) is 5.74. The average molecular weight is 326 g/mol. The molecule has 1 saturated carbocycles. The topological polar surface area (TPSA) is 43.1 Å². The lowest BCUT2D eigenvalue weighted by molar-refractivity contribution is 0.426.